The maximum Gasteiger partial charge on any atom is -0.0118 e. The highest BCUT2D eigenvalue weighted by Crippen LogP contribution is 2.20. The van der Waals surface area contributed by atoms with Crippen molar-refractivity contribution in [1.82, 2.24) is 0 Å². The fraction of sp³-hybridized carbons (Fsp3) is 0.125. The van der Waals surface area contributed by atoms with Gasteiger partial charge >= 0.3 is 0 Å². The normalized spacial score (nSPS) is 10.2. The smallest absolute Gasteiger partial charge is 0.0118 e. The second-order valence-electron chi connectivity index (χ2n) is 4.08. The van der Waals surface area contributed by atoms with Crippen LogP contribution in [0.5, 0.6) is 0 Å². The molecule has 0 aliphatic heterocycles. The van der Waals surface area contributed by atoms with Gasteiger partial charge in [0.1, 0.15) is 0 Å². The van der Waals surface area contributed by atoms with Gasteiger partial charge in [0, 0.05) is 0 Å². The van der Waals surface area contributed by atoms with Gasteiger partial charge < -0.3 is 0 Å². The molecule has 17 heavy (non-hydrogen) atoms. The molecule has 0 atom stereocenters. The third-order valence-electron chi connectivity index (χ3n) is 2.75. The van der Waals surface area contributed by atoms with Gasteiger partial charge in [-0.15, -0.1) is 0 Å². The lowest BCUT2D eigenvalue weighted by atomic mass is 10.0. The molecule has 0 radical (unpaired) electrons. The van der Waals surface area contributed by atoms with E-state index >= 15 is 0 Å². The van der Waals surface area contributed by atoms with Crippen LogP contribution < -0.4 is 0 Å². The molecule has 0 aromatic heterocycles. The van der Waals surface area contributed by atoms with Crippen LogP contribution in [0.4, 0.5) is 0 Å². The van der Waals surface area contributed by atoms with E-state index < -0.39 is 0 Å². The number of hydrogen-bond acceptors (Lipinski definition) is 0. The highest BCUT2D eigenvalue weighted by molar-refractivity contribution is 9.11. The summed E-state index contributed by atoms with van der Waals surface area (Å²) in [6, 6.07) is 19.2. The Bertz CT molecular complexity index is 483. The van der Waals surface area contributed by atoms with Gasteiger partial charge in [-0.25, -0.2) is 0 Å². The number of aryl methyl sites for hydroxylation is 1. The molecular formula is C16H15Br. The molecule has 0 aliphatic carbocycles. The van der Waals surface area contributed by atoms with E-state index in [-0.39, 0.29) is 0 Å². The summed E-state index contributed by atoms with van der Waals surface area (Å²) in [5, 5.41) is 0. The van der Waals surface area contributed by atoms with E-state index in [0.717, 1.165) is 17.3 Å². The van der Waals surface area contributed by atoms with Crippen molar-refractivity contribution in [2.45, 2.75) is 12.8 Å². The van der Waals surface area contributed by atoms with E-state index in [1.807, 2.05) is 6.07 Å². The Labute approximate surface area is 111 Å². The zero-order valence-corrected chi connectivity index (χ0v) is 11.3. The van der Waals surface area contributed by atoms with Crippen LogP contribution in [-0.4, -0.2) is 0 Å². The highest BCUT2D eigenvalue weighted by atomic mass is 79.9. The Morgan fingerprint density at radius 1 is 0.882 bits per heavy atom. The fourth-order valence-electron chi connectivity index (χ4n) is 1.77. The predicted molar refractivity (Wildman–Crippen MR) is 78.3 cm³/mol. The van der Waals surface area contributed by atoms with Crippen molar-refractivity contribution in [3.05, 3.63) is 71.2 Å². The average molecular weight is 287 g/mol. The molecular weight excluding hydrogens is 272 g/mol. The van der Waals surface area contributed by atoms with Gasteiger partial charge in [0.05, 0.1) is 0 Å². The van der Waals surface area contributed by atoms with Gasteiger partial charge in [0.25, 0.3) is 0 Å². The maximum atomic E-state index is 3.85. The van der Waals surface area contributed by atoms with Gasteiger partial charge in [-0.2, -0.15) is 0 Å². The van der Waals surface area contributed by atoms with Gasteiger partial charge in [0.15, 0.2) is 0 Å². The lowest BCUT2D eigenvalue weighted by molar-refractivity contribution is 0.996. The largest absolute Gasteiger partial charge is 0.0888 e. The van der Waals surface area contributed by atoms with Gasteiger partial charge in [-0.3, -0.25) is 0 Å². The molecule has 0 unspecified atom stereocenters. The summed E-state index contributed by atoms with van der Waals surface area (Å²) in [5.74, 6) is 0. The molecule has 0 aliphatic rings. The topological polar surface area (TPSA) is 0 Å². The molecule has 0 nitrogen and oxygen atoms in total. The first-order valence-corrected chi connectivity index (χ1v) is 6.52. The van der Waals surface area contributed by atoms with Crippen LogP contribution in [0, 0.1) is 0 Å². The molecule has 0 N–H and O–H groups in total. The summed E-state index contributed by atoms with van der Waals surface area (Å²) < 4.78 is 1.06. The Hall–Kier alpha value is -1.34. The van der Waals surface area contributed by atoms with Crippen LogP contribution in [0.2, 0.25) is 0 Å². The molecule has 2 aromatic carbocycles. The van der Waals surface area contributed by atoms with Crippen molar-refractivity contribution in [1.29, 1.82) is 0 Å². The van der Waals surface area contributed by atoms with E-state index in [9.17, 15) is 0 Å². The van der Waals surface area contributed by atoms with Crippen molar-refractivity contribution < 1.29 is 0 Å². The zero-order chi connectivity index (χ0) is 12.1. The number of halogens is 1. The molecule has 2 rings (SSSR count). The molecule has 0 fully saturated rings. The Morgan fingerprint density at radius 3 is 2.06 bits per heavy atom. The van der Waals surface area contributed by atoms with E-state index in [1.165, 1.54) is 16.7 Å². The standard InChI is InChI=1S/C16H15Br/c1-13(17)7-8-14-9-11-16(12-10-14)15-5-3-2-4-6-15/h2-6,9-12H,1,7-8H2. The minimum Gasteiger partial charge on any atom is -0.0888 e. The summed E-state index contributed by atoms with van der Waals surface area (Å²) >= 11 is 3.39. The van der Waals surface area contributed by atoms with Crippen LogP contribution in [0.15, 0.2) is 65.7 Å². The van der Waals surface area contributed by atoms with Crippen molar-refractivity contribution in [2.24, 2.45) is 0 Å². The minimum absolute atomic E-state index is 0.991. The summed E-state index contributed by atoms with van der Waals surface area (Å²) in [6.45, 7) is 3.85. The van der Waals surface area contributed by atoms with Gasteiger partial charge in [-0.05, 0) is 34.0 Å². The Balaban J connectivity index is 2.11. The molecule has 1 heteroatoms. The molecule has 2 aromatic rings. The van der Waals surface area contributed by atoms with Crippen molar-refractivity contribution in [2.75, 3.05) is 0 Å². The molecule has 0 saturated carbocycles. The number of hydrogen-bond donors (Lipinski definition) is 0. The number of allylic oxidation sites excluding steroid dienone is 1. The van der Waals surface area contributed by atoms with Gasteiger partial charge in [-0.1, -0.05) is 77.1 Å². The maximum absolute atomic E-state index is 3.85. The fourth-order valence-corrected chi connectivity index (χ4v) is 1.97. The third-order valence-corrected chi connectivity index (χ3v) is 3.14. The van der Waals surface area contributed by atoms with E-state index in [0.29, 0.717) is 0 Å². The summed E-state index contributed by atoms with van der Waals surface area (Å²) in [4.78, 5) is 0. The average Bonchev–Trinajstić information content (AvgIpc) is 2.38. The summed E-state index contributed by atoms with van der Waals surface area (Å²) in [6.07, 6.45) is 2.03. The monoisotopic (exact) mass is 286 g/mol. The minimum atomic E-state index is 0.991. The molecule has 0 bridgehead atoms. The lowest BCUT2D eigenvalue weighted by Crippen LogP contribution is -1.85. The molecule has 86 valence electrons. The Morgan fingerprint density at radius 2 is 1.47 bits per heavy atom. The summed E-state index contributed by atoms with van der Waals surface area (Å²) in [5.41, 5.74) is 3.89. The predicted octanol–water partition coefficient (Wildman–Crippen LogP) is 5.19. The van der Waals surface area contributed by atoms with Crippen LogP contribution in [0.3, 0.4) is 0 Å². The quantitative estimate of drug-likeness (QED) is 0.725. The van der Waals surface area contributed by atoms with Crippen LogP contribution in [-0.2, 0) is 6.42 Å². The first-order chi connectivity index (χ1) is 8.25. The number of rotatable bonds is 4. The van der Waals surface area contributed by atoms with E-state index in [1.54, 1.807) is 0 Å². The molecule has 0 saturated heterocycles. The first kappa shape index (κ1) is 12.1. The SMILES string of the molecule is C=C(Br)CCc1ccc(-c2ccccc2)cc1. The Kier molecular flexibility index (Phi) is 4.16. The van der Waals surface area contributed by atoms with E-state index in [2.05, 4.69) is 71.0 Å². The van der Waals surface area contributed by atoms with E-state index in [4.69, 9.17) is 0 Å². The highest BCUT2D eigenvalue weighted by Gasteiger charge is 1.98. The lowest BCUT2D eigenvalue weighted by Gasteiger charge is -2.04. The van der Waals surface area contributed by atoms with Crippen LogP contribution in [0.25, 0.3) is 11.1 Å². The first-order valence-electron chi connectivity index (χ1n) is 5.73. The second-order valence-corrected chi connectivity index (χ2v) is 5.20. The van der Waals surface area contributed by atoms with Crippen LogP contribution in [0.1, 0.15) is 12.0 Å². The summed E-state index contributed by atoms with van der Waals surface area (Å²) in [7, 11) is 0. The van der Waals surface area contributed by atoms with Crippen molar-refractivity contribution in [3.63, 3.8) is 0 Å². The van der Waals surface area contributed by atoms with Crippen LogP contribution >= 0.6 is 15.9 Å². The van der Waals surface area contributed by atoms with Gasteiger partial charge in [0.2, 0.25) is 0 Å². The second kappa shape index (κ2) is 5.83. The third kappa shape index (κ3) is 3.57. The number of benzene rings is 2. The van der Waals surface area contributed by atoms with Crippen molar-refractivity contribution >= 4 is 15.9 Å². The molecule has 0 amide bonds. The molecule has 0 spiro atoms. The zero-order valence-electron chi connectivity index (χ0n) is 9.70. The molecule has 0 heterocycles. The van der Waals surface area contributed by atoms with Crippen molar-refractivity contribution in [3.8, 4) is 11.1 Å².